The fraction of sp³-hybridized carbons (Fsp3) is 0.417. The number of hydrogen-bond donors (Lipinski definition) is 1. The van der Waals surface area contributed by atoms with Crippen molar-refractivity contribution in [1.82, 2.24) is 10.2 Å². The van der Waals surface area contributed by atoms with Crippen LogP contribution >= 0.6 is 23.4 Å². The number of carbonyl (C=O) groups is 2. The summed E-state index contributed by atoms with van der Waals surface area (Å²) in [7, 11) is 0. The minimum atomic E-state index is -0.540. The third kappa shape index (κ3) is 7.69. The van der Waals surface area contributed by atoms with Gasteiger partial charge in [-0.3, -0.25) is 9.59 Å². The van der Waals surface area contributed by atoms with Crippen LogP contribution in [0.3, 0.4) is 0 Å². The first-order chi connectivity index (χ1) is 14.3. The van der Waals surface area contributed by atoms with Crippen LogP contribution in [0.1, 0.15) is 42.5 Å². The highest BCUT2D eigenvalue weighted by Gasteiger charge is 2.25. The van der Waals surface area contributed by atoms with Crippen LogP contribution in [-0.4, -0.2) is 35.1 Å². The lowest BCUT2D eigenvalue weighted by Crippen LogP contribution is -2.48. The molecule has 0 radical (unpaired) electrons. The van der Waals surface area contributed by atoms with Gasteiger partial charge in [0.1, 0.15) is 6.04 Å². The lowest BCUT2D eigenvalue weighted by Gasteiger charge is -2.28. The molecule has 162 valence electrons. The highest BCUT2D eigenvalue weighted by atomic mass is 35.5. The molecule has 0 aliphatic carbocycles. The van der Waals surface area contributed by atoms with Gasteiger partial charge in [-0.2, -0.15) is 0 Å². The van der Waals surface area contributed by atoms with Gasteiger partial charge in [0.05, 0.1) is 5.75 Å². The van der Waals surface area contributed by atoms with Crippen LogP contribution in [0.2, 0.25) is 5.02 Å². The first-order valence-corrected chi connectivity index (χ1v) is 11.8. The van der Waals surface area contributed by atoms with Crippen molar-refractivity contribution in [2.75, 3.05) is 12.3 Å². The van der Waals surface area contributed by atoms with E-state index >= 15 is 0 Å². The van der Waals surface area contributed by atoms with Crippen LogP contribution in [0.5, 0.6) is 0 Å². The van der Waals surface area contributed by atoms with E-state index in [-0.39, 0.29) is 11.8 Å². The van der Waals surface area contributed by atoms with E-state index in [1.165, 1.54) is 16.7 Å². The van der Waals surface area contributed by atoms with Gasteiger partial charge in [-0.15, -0.1) is 11.8 Å². The number of nitrogens with one attached hydrogen (secondary N) is 1. The van der Waals surface area contributed by atoms with E-state index in [1.807, 2.05) is 19.1 Å². The molecule has 2 aromatic carbocycles. The first-order valence-electron chi connectivity index (χ1n) is 10.3. The molecule has 2 rings (SSSR count). The average Bonchev–Trinajstić information content (AvgIpc) is 2.70. The molecule has 0 bridgehead atoms. The first kappa shape index (κ1) is 24.3. The highest BCUT2D eigenvalue weighted by Crippen LogP contribution is 2.19. The number of halogens is 1. The molecule has 6 heteroatoms. The number of carbonyl (C=O) groups excluding carboxylic acids is 2. The molecular formula is C24H31ClN2O2S. The van der Waals surface area contributed by atoms with E-state index in [2.05, 4.69) is 37.4 Å². The van der Waals surface area contributed by atoms with Crippen LogP contribution in [0, 0.1) is 13.8 Å². The Bertz CT molecular complexity index is 835. The molecule has 0 saturated heterocycles. The van der Waals surface area contributed by atoms with Gasteiger partial charge >= 0.3 is 0 Å². The molecule has 2 amide bonds. The summed E-state index contributed by atoms with van der Waals surface area (Å²) in [5.74, 6) is 0.919. The third-order valence-electron chi connectivity index (χ3n) is 4.76. The minimum Gasteiger partial charge on any atom is -0.354 e. The van der Waals surface area contributed by atoms with Crippen molar-refractivity contribution >= 4 is 35.2 Å². The lowest BCUT2D eigenvalue weighted by molar-refractivity contribution is -0.138. The normalized spacial score (nSPS) is 11.8. The number of thioether (sulfide) groups is 1. The Morgan fingerprint density at radius 1 is 1.07 bits per heavy atom. The molecule has 0 aromatic heterocycles. The number of aryl methyl sites for hydroxylation is 2. The topological polar surface area (TPSA) is 49.4 Å². The molecule has 0 spiro atoms. The Morgan fingerprint density at radius 2 is 1.70 bits per heavy atom. The van der Waals surface area contributed by atoms with Gasteiger partial charge in [0.2, 0.25) is 11.8 Å². The van der Waals surface area contributed by atoms with Crippen molar-refractivity contribution in [3.63, 3.8) is 0 Å². The van der Waals surface area contributed by atoms with Gasteiger partial charge in [0.25, 0.3) is 0 Å². The van der Waals surface area contributed by atoms with Crippen molar-refractivity contribution in [3.8, 4) is 0 Å². The fourth-order valence-electron chi connectivity index (χ4n) is 3.26. The van der Waals surface area contributed by atoms with Gasteiger partial charge in [-0.25, -0.2) is 0 Å². The largest absolute Gasteiger partial charge is 0.354 e. The molecule has 4 nitrogen and oxygen atoms in total. The Balaban J connectivity index is 2.06. The van der Waals surface area contributed by atoms with E-state index in [0.717, 1.165) is 17.7 Å². The van der Waals surface area contributed by atoms with Crippen LogP contribution in [-0.2, 0) is 21.9 Å². The molecular weight excluding hydrogens is 416 g/mol. The van der Waals surface area contributed by atoms with Crippen molar-refractivity contribution < 1.29 is 9.59 Å². The fourth-order valence-corrected chi connectivity index (χ4v) is 4.23. The Morgan fingerprint density at radius 3 is 2.30 bits per heavy atom. The molecule has 0 heterocycles. The molecule has 0 aliphatic heterocycles. The quantitative estimate of drug-likeness (QED) is 0.550. The minimum absolute atomic E-state index is 0.0431. The van der Waals surface area contributed by atoms with Gasteiger partial charge < -0.3 is 10.2 Å². The summed E-state index contributed by atoms with van der Waals surface area (Å²) in [4.78, 5) is 27.2. The summed E-state index contributed by atoms with van der Waals surface area (Å²) >= 11 is 7.56. The monoisotopic (exact) mass is 446 g/mol. The molecule has 1 atom stereocenters. The smallest absolute Gasteiger partial charge is 0.242 e. The molecule has 0 fully saturated rings. The molecule has 2 aromatic rings. The number of amides is 2. The lowest BCUT2D eigenvalue weighted by atomic mass is 10.1. The maximum atomic E-state index is 13.1. The van der Waals surface area contributed by atoms with Crippen LogP contribution < -0.4 is 5.32 Å². The van der Waals surface area contributed by atoms with Gasteiger partial charge in [-0.05, 0) is 50.5 Å². The van der Waals surface area contributed by atoms with Crippen LogP contribution in [0.15, 0.2) is 42.5 Å². The van der Waals surface area contributed by atoms with E-state index in [0.29, 0.717) is 23.9 Å². The maximum Gasteiger partial charge on any atom is 0.242 e. The van der Waals surface area contributed by atoms with Crippen molar-refractivity contribution in [2.45, 2.75) is 52.5 Å². The summed E-state index contributed by atoms with van der Waals surface area (Å²) in [5.41, 5.74) is 4.61. The zero-order valence-corrected chi connectivity index (χ0v) is 19.8. The Hall–Kier alpha value is -1.98. The van der Waals surface area contributed by atoms with Gasteiger partial charge in [0, 0.05) is 23.9 Å². The molecule has 0 unspecified atom stereocenters. The van der Waals surface area contributed by atoms with Gasteiger partial charge in [-0.1, -0.05) is 60.0 Å². The van der Waals surface area contributed by atoms with E-state index in [9.17, 15) is 9.59 Å². The summed E-state index contributed by atoms with van der Waals surface area (Å²) in [6.07, 6.45) is 0.856. The number of rotatable bonds is 10. The molecule has 0 saturated carbocycles. The van der Waals surface area contributed by atoms with E-state index in [1.54, 1.807) is 35.7 Å². The highest BCUT2D eigenvalue weighted by molar-refractivity contribution is 7.99. The summed E-state index contributed by atoms with van der Waals surface area (Å²) < 4.78 is 0. The standard InChI is InChI=1S/C24H31ClN2O2S/c1-5-10-26-24(29)19(4)27(14-20-6-8-22(25)9-7-20)23(28)16-30-15-21-12-17(2)11-18(3)13-21/h6-9,11-13,19H,5,10,14-16H2,1-4H3,(H,26,29)/t19-/m0/s1. The summed E-state index contributed by atoms with van der Waals surface area (Å²) in [6.45, 7) is 8.93. The summed E-state index contributed by atoms with van der Waals surface area (Å²) in [5, 5.41) is 3.54. The number of benzene rings is 2. The second kappa shape index (κ2) is 12.0. The van der Waals surface area contributed by atoms with Crippen molar-refractivity contribution in [2.24, 2.45) is 0 Å². The number of nitrogens with zero attached hydrogens (tertiary/aromatic N) is 1. The zero-order valence-electron chi connectivity index (χ0n) is 18.2. The second-order valence-corrected chi connectivity index (χ2v) is 9.03. The van der Waals surface area contributed by atoms with E-state index < -0.39 is 6.04 Å². The average molecular weight is 447 g/mol. The zero-order chi connectivity index (χ0) is 22.1. The van der Waals surface area contributed by atoms with Crippen molar-refractivity contribution in [3.05, 3.63) is 69.7 Å². The van der Waals surface area contributed by atoms with E-state index in [4.69, 9.17) is 11.6 Å². The van der Waals surface area contributed by atoms with Crippen molar-refractivity contribution in [1.29, 1.82) is 0 Å². The van der Waals surface area contributed by atoms with Crippen LogP contribution in [0.4, 0.5) is 0 Å². The maximum absolute atomic E-state index is 13.1. The van der Waals surface area contributed by atoms with Gasteiger partial charge in [0.15, 0.2) is 0 Å². The second-order valence-electron chi connectivity index (χ2n) is 7.60. The molecule has 30 heavy (non-hydrogen) atoms. The number of hydrogen-bond acceptors (Lipinski definition) is 3. The predicted octanol–water partition coefficient (Wildman–Crippen LogP) is 5.13. The summed E-state index contributed by atoms with van der Waals surface area (Å²) in [6, 6.07) is 13.3. The third-order valence-corrected chi connectivity index (χ3v) is 6.00. The Kier molecular flexibility index (Phi) is 9.73. The molecule has 1 N–H and O–H groups in total. The predicted molar refractivity (Wildman–Crippen MR) is 127 cm³/mol. The molecule has 0 aliphatic rings. The SMILES string of the molecule is CCCNC(=O)[C@H](C)N(Cc1ccc(Cl)cc1)C(=O)CSCc1cc(C)cc(C)c1. The van der Waals surface area contributed by atoms with Crippen LogP contribution in [0.25, 0.3) is 0 Å². The Labute approximate surface area is 189 Å².